The molecule has 1 aliphatic rings. The summed E-state index contributed by atoms with van der Waals surface area (Å²) in [4.78, 5) is 11.9. The molecule has 1 heterocycles. The summed E-state index contributed by atoms with van der Waals surface area (Å²) >= 11 is 5.24. The molecule has 3 N–H and O–H groups in total. The van der Waals surface area contributed by atoms with Gasteiger partial charge in [-0.3, -0.25) is 10.1 Å². The number of benzene rings is 1. The van der Waals surface area contributed by atoms with E-state index in [1.54, 1.807) is 6.07 Å². The number of nitrogens with one attached hydrogen (secondary N) is 3. The number of quaternary nitrogens is 1. The largest absolute Gasteiger partial charge is 0.495 e. The Morgan fingerprint density at radius 1 is 1.48 bits per heavy atom. The van der Waals surface area contributed by atoms with E-state index in [0.717, 1.165) is 39.4 Å². The Hall–Kier alpha value is -1.97. The van der Waals surface area contributed by atoms with Crippen molar-refractivity contribution < 1.29 is 19.3 Å². The average molecular weight is 341 g/mol. The van der Waals surface area contributed by atoms with Crippen LogP contribution in [0.25, 0.3) is 0 Å². The SMILES string of the molecule is COc1ccc([N+](=O)[O-])cc1NC(=S)NCC[NH+]1CCOCC1. The van der Waals surface area contributed by atoms with Gasteiger partial charge >= 0.3 is 0 Å². The van der Waals surface area contributed by atoms with Gasteiger partial charge in [-0.15, -0.1) is 0 Å². The number of nitro groups is 1. The van der Waals surface area contributed by atoms with Gasteiger partial charge in [0.15, 0.2) is 5.11 Å². The monoisotopic (exact) mass is 341 g/mol. The molecule has 1 aliphatic heterocycles. The molecule has 0 saturated carbocycles. The Morgan fingerprint density at radius 2 is 2.22 bits per heavy atom. The van der Waals surface area contributed by atoms with Crippen LogP contribution in [0.15, 0.2) is 18.2 Å². The van der Waals surface area contributed by atoms with Gasteiger partial charge in [0.1, 0.15) is 18.8 Å². The summed E-state index contributed by atoms with van der Waals surface area (Å²) in [6.07, 6.45) is 0. The fourth-order valence-corrected chi connectivity index (χ4v) is 2.55. The number of hydrogen-bond acceptors (Lipinski definition) is 5. The van der Waals surface area contributed by atoms with Crippen molar-refractivity contribution >= 4 is 28.7 Å². The molecule has 2 rings (SSSR count). The van der Waals surface area contributed by atoms with Gasteiger partial charge in [0.05, 0.1) is 44.0 Å². The number of non-ortho nitro benzene ring substituents is 1. The third-order valence-corrected chi connectivity index (χ3v) is 3.85. The quantitative estimate of drug-likeness (QED) is 0.375. The summed E-state index contributed by atoms with van der Waals surface area (Å²) in [5.41, 5.74) is 0.451. The van der Waals surface area contributed by atoms with Crippen molar-refractivity contribution in [3.8, 4) is 5.75 Å². The Balaban J connectivity index is 1.86. The second kappa shape index (κ2) is 8.61. The van der Waals surface area contributed by atoms with Crippen LogP contribution in [0.1, 0.15) is 0 Å². The Labute approximate surface area is 139 Å². The highest BCUT2D eigenvalue weighted by atomic mass is 32.1. The zero-order chi connectivity index (χ0) is 16.7. The van der Waals surface area contributed by atoms with Gasteiger partial charge in [-0.1, -0.05) is 0 Å². The molecule has 9 heteroatoms. The molecule has 0 radical (unpaired) electrons. The zero-order valence-corrected chi connectivity index (χ0v) is 13.8. The highest BCUT2D eigenvalue weighted by Gasteiger charge is 2.14. The molecular formula is C14H21N4O4S+. The van der Waals surface area contributed by atoms with E-state index in [1.807, 2.05) is 0 Å². The second-order valence-corrected chi connectivity index (χ2v) is 5.54. The van der Waals surface area contributed by atoms with Crippen LogP contribution in [0, 0.1) is 10.1 Å². The number of thiocarbonyl (C=S) groups is 1. The number of anilines is 1. The third-order valence-electron chi connectivity index (χ3n) is 3.61. The lowest BCUT2D eigenvalue weighted by Gasteiger charge is -2.24. The number of nitro benzene ring substituents is 1. The number of hydrogen-bond donors (Lipinski definition) is 3. The van der Waals surface area contributed by atoms with Crippen LogP contribution in [0.5, 0.6) is 5.75 Å². The van der Waals surface area contributed by atoms with Gasteiger partial charge in [0, 0.05) is 12.1 Å². The summed E-state index contributed by atoms with van der Waals surface area (Å²) < 4.78 is 10.5. The van der Waals surface area contributed by atoms with E-state index < -0.39 is 4.92 Å². The molecule has 0 atom stereocenters. The predicted molar refractivity (Wildman–Crippen MR) is 90.3 cm³/mol. The molecule has 1 aromatic carbocycles. The maximum Gasteiger partial charge on any atom is 0.271 e. The van der Waals surface area contributed by atoms with Gasteiger partial charge in [0.25, 0.3) is 5.69 Å². The van der Waals surface area contributed by atoms with Crippen molar-refractivity contribution in [1.29, 1.82) is 0 Å². The molecule has 0 amide bonds. The van der Waals surface area contributed by atoms with Crippen LogP contribution in [0.3, 0.4) is 0 Å². The van der Waals surface area contributed by atoms with Crippen LogP contribution >= 0.6 is 12.2 Å². The van der Waals surface area contributed by atoms with Crippen molar-refractivity contribution in [3.63, 3.8) is 0 Å². The number of nitrogens with zero attached hydrogens (tertiary/aromatic N) is 1. The first-order valence-electron chi connectivity index (χ1n) is 7.38. The second-order valence-electron chi connectivity index (χ2n) is 5.13. The van der Waals surface area contributed by atoms with E-state index in [1.165, 1.54) is 24.1 Å². The number of methoxy groups -OCH3 is 1. The molecule has 1 fully saturated rings. The summed E-state index contributed by atoms with van der Waals surface area (Å²) in [5, 5.41) is 17.3. The van der Waals surface area contributed by atoms with Gasteiger partial charge in [-0.25, -0.2) is 0 Å². The lowest BCUT2D eigenvalue weighted by atomic mass is 10.2. The van der Waals surface area contributed by atoms with Crippen molar-refractivity contribution in [3.05, 3.63) is 28.3 Å². The van der Waals surface area contributed by atoms with Gasteiger partial charge in [-0.05, 0) is 18.3 Å². The van der Waals surface area contributed by atoms with E-state index in [9.17, 15) is 10.1 Å². The van der Waals surface area contributed by atoms with Crippen LogP contribution in [0.4, 0.5) is 11.4 Å². The Bertz CT molecular complexity index is 564. The maximum atomic E-state index is 10.9. The van der Waals surface area contributed by atoms with E-state index >= 15 is 0 Å². The summed E-state index contributed by atoms with van der Waals surface area (Å²) in [6, 6.07) is 4.34. The molecule has 0 aliphatic carbocycles. The van der Waals surface area contributed by atoms with Gasteiger partial charge < -0.3 is 25.0 Å². The van der Waals surface area contributed by atoms with Crippen molar-refractivity contribution in [2.45, 2.75) is 0 Å². The molecule has 0 bridgehead atoms. The minimum Gasteiger partial charge on any atom is -0.495 e. The predicted octanol–water partition coefficient (Wildman–Crippen LogP) is -0.195. The van der Waals surface area contributed by atoms with Crippen LogP contribution in [-0.4, -0.2) is 56.5 Å². The van der Waals surface area contributed by atoms with Crippen LogP contribution in [0.2, 0.25) is 0 Å². The first-order valence-corrected chi connectivity index (χ1v) is 7.79. The molecule has 1 saturated heterocycles. The Morgan fingerprint density at radius 3 is 2.87 bits per heavy atom. The van der Waals surface area contributed by atoms with Crippen molar-refractivity contribution in [2.24, 2.45) is 0 Å². The third kappa shape index (κ3) is 5.31. The maximum absolute atomic E-state index is 10.9. The first-order chi connectivity index (χ1) is 11.1. The van der Waals surface area contributed by atoms with E-state index in [-0.39, 0.29) is 5.69 Å². The molecule has 126 valence electrons. The minimum atomic E-state index is -0.455. The summed E-state index contributed by atoms with van der Waals surface area (Å²) in [7, 11) is 1.50. The zero-order valence-electron chi connectivity index (χ0n) is 13.0. The van der Waals surface area contributed by atoms with E-state index in [0.29, 0.717) is 16.5 Å². The van der Waals surface area contributed by atoms with E-state index in [4.69, 9.17) is 21.7 Å². The van der Waals surface area contributed by atoms with Crippen molar-refractivity contribution in [2.75, 3.05) is 51.8 Å². The number of rotatable bonds is 6. The highest BCUT2D eigenvalue weighted by Crippen LogP contribution is 2.28. The smallest absolute Gasteiger partial charge is 0.271 e. The van der Waals surface area contributed by atoms with Crippen LogP contribution in [-0.2, 0) is 4.74 Å². The number of morpholine rings is 1. The highest BCUT2D eigenvalue weighted by molar-refractivity contribution is 7.80. The summed E-state index contributed by atoms with van der Waals surface area (Å²) in [5.74, 6) is 0.499. The number of ether oxygens (including phenoxy) is 2. The fourth-order valence-electron chi connectivity index (χ4n) is 2.34. The topological polar surface area (TPSA) is 90.1 Å². The molecule has 1 aromatic rings. The first kappa shape index (κ1) is 17.4. The van der Waals surface area contributed by atoms with Gasteiger partial charge in [-0.2, -0.15) is 0 Å². The fraction of sp³-hybridized carbons (Fsp3) is 0.500. The van der Waals surface area contributed by atoms with E-state index in [2.05, 4.69) is 10.6 Å². The standard InChI is InChI=1S/C14H20N4O4S/c1-21-13-3-2-11(18(19)20)10-12(13)16-14(23)15-4-5-17-6-8-22-9-7-17/h2-3,10H,4-9H2,1H3,(H2,15,16,23)/p+1. The van der Waals surface area contributed by atoms with Gasteiger partial charge in [0.2, 0.25) is 0 Å². The lowest BCUT2D eigenvalue weighted by molar-refractivity contribution is -0.906. The molecular weight excluding hydrogens is 320 g/mol. The molecule has 0 aromatic heterocycles. The minimum absolute atomic E-state index is 0.0196. The molecule has 0 spiro atoms. The Kier molecular flexibility index (Phi) is 6.51. The average Bonchev–Trinajstić information content (AvgIpc) is 2.55. The summed E-state index contributed by atoms with van der Waals surface area (Å²) in [6.45, 7) is 5.25. The lowest BCUT2D eigenvalue weighted by Crippen LogP contribution is -3.14. The molecule has 8 nitrogen and oxygen atoms in total. The molecule has 23 heavy (non-hydrogen) atoms. The van der Waals surface area contributed by atoms with Crippen LogP contribution < -0.4 is 20.3 Å². The normalized spacial score (nSPS) is 15.0. The van der Waals surface area contributed by atoms with Crippen molar-refractivity contribution in [1.82, 2.24) is 5.32 Å². The molecule has 0 unspecified atom stereocenters.